The molecule has 2 saturated heterocycles. The lowest BCUT2D eigenvalue weighted by Gasteiger charge is -2.10. The summed E-state index contributed by atoms with van der Waals surface area (Å²) in [6, 6.07) is 7.76. The van der Waals surface area contributed by atoms with Gasteiger partial charge in [0.15, 0.2) is 5.17 Å². The van der Waals surface area contributed by atoms with Crippen LogP contribution in [0.3, 0.4) is 0 Å². The molecule has 0 aromatic heterocycles. The van der Waals surface area contributed by atoms with Crippen LogP contribution in [0.1, 0.15) is 24.0 Å². The Morgan fingerprint density at radius 2 is 2.36 bits per heavy atom. The molecule has 1 amide bonds. The minimum atomic E-state index is -0.596. The largest absolute Gasteiger partial charge is 0.466 e. The summed E-state index contributed by atoms with van der Waals surface area (Å²) in [4.78, 5) is 23.2. The van der Waals surface area contributed by atoms with Crippen molar-refractivity contribution < 1.29 is 23.8 Å². The Balaban J connectivity index is 1.52. The van der Waals surface area contributed by atoms with Crippen molar-refractivity contribution in [2.75, 3.05) is 20.3 Å². The number of ether oxygens (including phenoxy) is 3. The van der Waals surface area contributed by atoms with Crippen LogP contribution in [0.5, 0.6) is 0 Å². The lowest BCUT2D eigenvalue weighted by atomic mass is 10.1. The summed E-state index contributed by atoms with van der Waals surface area (Å²) in [5.41, 5.74) is 1.89. The number of nitrogens with zero attached hydrogens (tertiary/aromatic N) is 2. The number of rotatable bonds is 7. The lowest BCUT2D eigenvalue weighted by Crippen LogP contribution is -2.19. The average Bonchev–Trinajstić information content (AvgIpc) is 3.32. The van der Waals surface area contributed by atoms with E-state index in [9.17, 15) is 9.59 Å². The third-order valence-electron chi connectivity index (χ3n) is 4.00. The zero-order chi connectivity index (χ0) is 19.8. The molecule has 0 bridgehead atoms. The quantitative estimate of drug-likeness (QED) is 0.324. The van der Waals surface area contributed by atoms with Crippen molar-refractivity contribution in [1.82, 2.24) is 5.32 Å². The standard InChI is InChI=1S/C19H21N3O5S/c1-25-17(23)9-16-18(24)21-19(28-16)22-20-10-13-4-2-5-14(8-13)11-26-12-15-6-3-7-27-15/h2,4-5,8-10,15H,3,6-7,11-12H2,1H3,(H,21,22,24)/b16-9+,20-10?. The van der Waals surface area contributed by atoms with E-state index in [-0.39, 0.29) is 11.0 Å². The molecular formula is C19H21N3O5S. The molecule has 148 valence electrons. The van der Waals surface area contributed by atoms with E-state index in [4.69, 9.17) is 9.47 Å². The first-order valence-corrected chi connectivity index (χ1v) is 9.64. The lowest BCUT2D eigenvalue weighted by molar-refractivity contribution is -0.135. The fraction of sp³-hybridized carbons (Fsp3) is 0.368. The van der Waals surface area contributed by atoms with E-state index in [0.29, 0.717) is 18.4 Å². The van der Waals surface area contributed by atoms with Crippen LogP contribution in [-0.4, -0.2) is 49.7 Å². The van der Waals surface area contributed by atoms with Gasteiger partial charge in [-0.15, -0.1) is 5.10 Å². The van der Waals surface area contributed by atoms with E-state index >= 15 is 0 Å². The van der Waals surface area contributed by atoms with E-state index in [1.165, 1.54) is 7.11 Å². The summed E-state index contributed by atoms with van der Waals surface area (Å²) >= 11 is 1.03. The second-order valence-corrected chi connectivity index (χ2v) is 7.16. The summed E-state index contributed by atoms with van der Waals surface area (Å²) in [5.74, 6) is -1.00. The maximum Gasteiger partial charge on any atom is 0.331 e. The van der Waals surface area contributed by atoms with Crippen molar-refractivity contribution in [3.63, 3.8) is 0 Å². The first-order valence-electron chi connectivity index (χ1n) is 8.82. The van der Waals surface area contributed by atoms with Crippen molar-refractivity contribution in [1.29, 1.82) is 0 Å². The number of nitrogens with one attached hydrogen (secondary N) is 1. The van der Waals surface area contributed by atoms with Crippen molar-refractivity contribution in [2.45, 2.75) is 25.6 Å². The maximum atomic E-state index is 11.7. The molecule has 0 spiro atoms. The van der Waals surface area contributed by atoms with Crippen molar-refractivity contribution in [2.24, 2.45) is 10.2 Å². The highest BCUT2D eigenvalue weighted by Gasteiger charge is 2.25. The van der Waals surface area contributed by atoms with E-state index in [1.807, 2.05) is 24.3 Å². The molecule has 9 heteroatoms. The Morgan fingerprint density at radius 1 is 1.46 bits per heavy atom. The molecular weight excluding hydrogens is 382 g/mol. The summed E-state index contributed by atoms with van der Waals surface area (Å²) in [5, 5.41) is 10.8. The normalized spacial score (nSPS) is 22.3. The third-order valence-corrected chi connectivity index (χ3v) is 4.90. The molecule has 0 aliphatic carbocycles. The summed E-state index contributed by atoms with van der Waals surface area (Å²) in [6.07, 6.45) is 5.06. The highest BCUT2D eigenvalue weighted by atomic mass is 32.2. The molecule has 8 nitrogen and oxygen atoms in total. The Morgan fingerprint density at radius 3 is 3.14 bits per heavy atom. The van der Waals surface area contributed by atoms with Gasteiger partial charge in [-0.05, 0) is 41.8 Å². The molecule has 1 aromatic carbocycles. The number of amidine groups is 1. The van der Waals surface area contributed by atoms with Crippen LogP contribution < -0.4 is 5.32 Å². The molecule has 0 radical (unpaired) electrons. The van der Waals surface area contributed by atoms with Crippen LogP contribution in [0.4, 0.5) is 0 Å². The molecule has 1 aromatic rings. The fourth-order valence-electron chi connectivity index (χ4n) is 2.64. The first kappa shape index (κ1) is 20.2. The molecule has 1 atom stereocenters. The molecule has 2 aliphatic rings. The average molecular weight is 403 g/mol. The third kappa shape index (κ3) is 6.01. The SMILES string of the molecule is COC(=O)/C=C1/S/C(=N\N=Cc2cccc(COCC3CCCO3)c2)NC1=O. The highest BCUT2D eigenvalue weighted by molar-refractivity contribution is 8.18. The zero-order valence-electron chi connectivity index (χ0n) is 15.4. The highest BCUT2D eigenvalue weighted by Crippen LogP contribution is 2.23. The number of benzene rings is 1. The fourth-order valence-corrected chi connectivity index (χ4v) is 3.38. The van der Waals surface area contributed by atoms with Crippen LogP contribution in [0.2, 0.25) is 0 Å². The molecule has 0 saturated carbocycles. The minimum Gasteiger partial charge on any atom is -0.466 e. The van der Waals surface area contributed by atoms with Gasteiger partial charge < -0.3 is 14.2 Å². The van der Waals surface area contributed by atoms with E-state index in [0.717, 1.165) is 48.4 Å². The molecule has 1 N–H and O–H groups in total. The second-order valence-electron chi connectivity index (χ2n) is 6.13. The molecule has 2 aliphatic heterocycles. The predicted octanol–water partition coefficient (Wildman–Crippen LogP) is 1.99. The number of carbonyl (C=O) groups is 2. The van der Waals surface area contributed by atoms with E-state index in [1.54, 1.807) is 6.21 Å². The van der Waals surface area contributed by atoms with Gasteiger partial charge in [0, 0.05) is 12.7 Å². The number of methoxy groups -OCH3 is 1. The Hall–Kier alpha value is -2.49. The van der Waals surface area contributed by atoms with Gasteiger partial charge in [0.1, 0.15) is 0 Å². The van der Waals surface area contributed by atoms with E-state index < -0.39 is 11.9 Å². The van der Waals surface area contributed by atoms with Gasteiger partial charge in [-0.25, -0.2) is 4.79 Å². The van der Waals surface area contributed by atoms with Gasteiger partial charge in [-0.1, -0.05) is 18.2 Å². The van der Waals surface area contributed by atoms with Gasteiger partial charge in [-0.2, -0.15) is 5.10 Å². The predicted molar refractivity (Wildman–Crippen MR) is 106 cm³/mol. The molecule has 2 heterocycles. The van der Waals surface area contributed by atoms with Gasteiger partial charge in [-0.3, -0.25) is 10.1 Å². The number of esters is 1. The molecule has 1 unspecified atom stereocenters. The Labute approximate surface area is 167 Å². The molecule has 2 fully saturated rings. The number of hydrogen-bond donors (Lipinski definition) is 1. The number of hydrogen-bond acceptors (Lipinski definition) is 8. The summed E-state index contributed by atoms with van der Waals surface area (Å²) < 4.78 is 15.8. The van der Waals surface area contributed by atoms with Crippen molar-refractivity contribution in [3.05, 3.63) is 46.4 Å². The van der Waals surface area contributed by atoms with Gasteiger partial charge in [0.2, 0.25) is 0 Å². The van der Waals surface area contributed by atoms with E-state index in [2.05, 4.69) is 20.3 Å². The Kier molecular flexibility index (Phi) is 7.35. The molecule has 28 heavy (non-hydrogen) atoms. The number of carbonyl (C=O) groups excluding carboxylic acids is 2. The smallest absolute Gasteiger partial charge is 0.331 e. The van der Waals surface area contributed by atoms with Crippen LogP contribution in [0.15, 0.2) is 45.4 Å². The summed E-state index contributed by atoms with van der Waals surface area (Å²) in [7, 11) is 1.25. The second kappa shape index (κ2) is 10.2. The van der Waals surface area contributed by atoms with Crippen LogP contribution >= 0.6 is 11.8 Å². The van der Waals surface area contributed by atoms with Crippen molar-refractivity contribution >= 4 is 35.0 Å². The monoisotopic (exact) mass is 403 g/mol. The maximum absolute atomic E-state index is 11.7. The van der Waals surface area contributed by atoms with Gasteiger partial charge in [0.05, 0.1) is 37.5 Å². The van der Waals surface area contributed by atoms with Gasteiger partial charge in [0.25, 0.3) is 5.91 Å². The van der Waals surface area contributed by atoms with Crippen molar-refractivity contribution in [3.8, 4) is 0 Å². The first-order chi connectivity index (χ1) is 13.6. The van der Waals surface area contributed by atoms with Crippen LogP contribution in [-0.2, 0) is 30.4 Å². The minimum absolute atomic E-state index is 0.206. The number of amides is 1. The summed E-state index contributed by atoms with van der Waals surface area (Å²) in [6.45, 7) is 1.93. The van der Waals surface area contributed by atoms with Crippen LogP contribution in [0.25, 0.3) is 0 Å². The van der Waals surface area contributed by atoms with Crippen LogP contribution in [0, 0.1) is 0 Å². The zero-order valence-corrected chi connectivity index (χ0v) is 16.2. The number of thioether (sulfide) groups is 1. The molecule has 3 rings (SSSR count). The van der Waals surface area contributed by atoms with Gasteiger partial charge >= 0.3 is 5.97 Å². The topological polar surface area (TPSA) is 98.6 Å². The Bertz CT molecular complexity index is 816.